The van der Waals surface area contributed by atoms with E-state index in [4.69, 9.17) is 4.74 Å². The van der Waals surface area contributed by atoms with Gasteiger partial charge in [0.1, 0.15) is 12.1 Å². The van der Waals surface area contributed by atoms with Gasteiger partial charge in [-0.2, -0.15) is 0 Å². The SMILES string of the molecule is COc1ccccc1CNC(=O)C1CN(c2ncnc3c2nnn3C)C1. The topological polar surface area (TPSA) is 98.1 Å². The van der Waals surface area contributed by atoms with Crippen molar-refractivity contribution >= 4 is 22.9 Å². The minimum absolute atomic E-state index is 0.0246. The average molecular weight is 353 g/mol. The maximum atomic E-state index is 12.4. The lowest BCUT2D eigenvalue weighted by Gasteiger charge is -2.38. The van der Waals surface area contributed by atoms with Crippen LogP contribution in [0, 0.1) is 5.92 Å². The zero-order chi connectivity index (χ0) is 18.1. The van der Waals surface area contributed by atoms with Crippen LogP contribution in [0.15, 0.2) is 30.6 Å². The highest BCUT2D eigenvalue weighted by atomic mass is 16.5. The fourth-order valence-electron chi connectivity index (χ4n) is 3.07. The number of aryl methyl sites for hydroxylation is 1. The Labute approximate surface area is 150 Å². The van der Waals surface area contributed by atoms with Crippen LogP contribution in [0.5, 0.6) is 5.75 Å². The standard InChI is InChI=1S/C17H19N7O2/c1-23-15-14(21-22-23)16(20-10-19-15)24-8-12(9-24)17(25)18-7-11-5-3-4-6-13(11)26-2/h3-6,10,12H,7-9H2,1-2H3,(H,18,25). The molecule has 9 nitrogen and oxygen atoms in total. The lowest BCUT2D eigenvalue weighted by Crippen LogP contribution is -2.54. The highest BCUT2D eigenvalue weighted by Crippen LogP contribution is 2.27. The number of para-hydroxylation sites is 1. The van der Waals surface area contributed by atoms with Gasteiger partial charge in [0.15, 0.2) is 17.0 Å². The molecule has 3 aromatic rings. The molecule has 0 aliphatic carbocycles. The van der Waals surface area contributed by atoms with Gasteiger partial charge < -0.3 is 15.0 Å². The van der Waals surface area contributed by atoms with Crippen LogP contribution in [-0.4, -0.2) is 51.1 Å². The van der Waals surface area contributed by atoms with Crippen LogP contribution in [0.4, 0.5) is 5.82 Å². The van der Waals surface area contributed by atoms with Crippen molar-refractivity contribution < 1.29 is 9.53 Å². The predicted molar refractivity (Wildman–Crippen MR) is 94.6 cm³/mol. The molecule has 0 saturated carbocycles. The largest absolute Gasteiger partial charge is 0.496 e. The quantitative estimate of drug-likeness (QED) is 0.714. The highest BCUT2D eigenvalue weighted by molar-refractivity contribution is 5.86. The third-order valence-electron chi connectivity index (χ3n) is 4.57. The van der Waals surface area contributed by atoms with Crippen LogP contribution in [0.3, 0.4) is 0 Å². The molecular formula is C17H19N7O2. The predicted octanol–water partition coefficient (Wildman–Crippen LogP) is 0.519. The van der Waals surface area contributed by atoms with Crippen LogP contribution in [0.25, 0.3) is 11.2 Å². The Morgan fingerprint density at radius 1 is 1.31 bits per heavy atom. The van der Waals surface area contributed by atoms with E-state index in [9.17, 15) is 4.79 Å². The summed E-state index contributed by atoms with van der Waals surface area (Å²) in [6.07, 6.45) is 1.50. The molecule has 1 aliphatic heterocycles. The average Bonchev–Trinajstić information content (AvgIpc) is 3.01. The zero-order valence-electron chi connectivity index (χ0n) is 14.6. The number of ether oxygens (including phenoxy) is 1. The summed E-state index contributed by atoms with van der Waals surface area (Å²) in [7, 11) is 3.41. The van der Waals surface area contributed by atoms with Crippen LogP contribution in [0.2, 0.25) is 0 Å². The molecule has 1 aliphatic rings. The first-order chi connectivity index (χ1) is 12.7. The fraction of sp³-hybridized carbons (Fsp3) is 0.353. The first kappa shape index (κ1) is 16.2. The summed E-state index contributed by atoms with van der Waals surface area (Å²) in [5.41, 5.74) is 2.29. The van der Waals surface area contributed by atoms with E-state index in [1.807, 2.05) is 29.2 Å². The second-order valence-corrected chi connectivity index (χ2v) is 6.21. The van der Waals surface area contributed by atoms with Gasteiger partial charge in [-0.1, -0.05) is 23.4 Å². The molecule has 4 rings (SSSR count). The minimum Gasteiger partial charge on any atom is -0.496 e. The number of rotatable bonds is 5. The molecule has 1 aromatic carbocycles. The van der Waals surface area contributed by atoms with Crippen LogP contribution >= 0.6 is 0 Å². The summed E-state index contributed by atoms with van der Waals surface area (Å²) in [6.45, 7) is 1.64. The second-order valence-electron chi connectivity index (χ2n) is 6.21. The number of fused-ring (bicyclic) bond motifs is 1. The summed E-state index contributed by atoms with van der Waals surface area (Å²) in [6, 6.07) is 7.66. The van der Waals surface area contributed by atoms with E-state index in [0.717, 1.165) is 17.1 Å². The molecule has 0 spiro atoms. The molecule has 26 heavy (non-hydrogen) atoms. The number of nitrogens with one attached hydrogen (secondary N) is 1. The Morgan fingerprint density at radius 2 is 2.12 bits per heavy atom. The molecule has 3 heterocycles. The van der Waals surface area contributed by atoms with E-state index >= 15 is 0 Å². The molecule has 134 valence electrons. The van der Waals surface area contributed by atoms with E-state index in [1.54, 1.807) is 18.8 Å². The Hall–Kier alpha value is -3.23. The summed E-state index contributed by atoms with van der Waals surface area (Å²) in [5.74, 6) is 1.44. The van der Waals surface area contributed by atoms with Gasteiger partial charge in [0.05, 0.1) is 13.0 Å². The first-order valence-corrected chi connectivity index (χ1v) is 8.32. The normalized spacial score (nSPS) is 14.3. The van der Waals surface area contributed by atoms with Crippen molar-refractivity contribution in [2.24, 2.45) is 13.0 Å². The second kappa shape index (κ2) is 6.58. The Balaban J connectivity index is 1.37. The summed E-state index contributed by atoms with van der Waals surface area (Å²) < 4.78 is 6.92. The van der Waals surface area contributed by atoms with Crippen LogP contribution in [0.1, 0.15) is 5.56 Å². The van der Waals surface area contributed by atoms with Gasteiger partial charge in [-0.25, -0.2) is 14.6 Å². The molecule has 1 N–H and O–H groups in total. The maximum absolute atomic E-state index is 12.4. The Kier molecular flexibility index (Phi) is 4.11. The van der Waals surface area contributed by atoms with E-state index in [1.165, 1.54) is 6.33 Å². The molecule has 9 heteroatoms. The highest BCUT2D eigenvalue weighted by Gasteiger charge is 2.35. The molecule has 0 unspecified atom stereocenters. The van der Waals surface area contributed by atoms with Gasteiger partial charge in [-0.3, -0.25) is 4.79 Å². The summed E-state index contributed by atoms with van der Waals surface area (Å²) in [5, 5.41) is 11.1. The van der Waals surface area contributed by atoms with Gasteiger partial charge in [0, 0.05) is 32.2 Å². The number of nitrogens with zero attached hydrogens (tertiary/aromatic N) is 6. The molecule has 1 amide bonds. The lowest BCUT2D eigenvalue weighted by molar-refractivity contribution is -0.125. The third-order valence-corrected chi connectivity index (χ3v) is 4.57. The van der Waals surface area contributed by atoms with Crippen molar-refractivity contribution in [3.8, 4) is 5.75 Å². The summed E-state index contributed by atoms with van der Waals surface area (Å²) in [4.78, 5) is 22.9. The van der Waals surface area contributed by atoms with Crippen molar-refractivity contribution in [3.05, 3.63) is 36.2 Å². The summed E-state index contributed by atoms with van der Waals surface area (Å²) >= 11 is 0. The van der Waals surface area contributed by atoms with E-state index < -0.39 is 0 Å². The minimum atomic E-state index is -0.0774. The van der Waals surface area contributed by atoms with Crippen molar-refractivity contribution in [1.29, 1.82) is 0 Å². The molecule has 1 fully saturated rings. The number of methoxy groups -OCH3 is 1. The van der Waals surface area contributed by atoms with Crippen molar-refractivity contribution in [1.82, 2.24) is 30.3 Å². The molecule has 2 aromatic heterocycles. The number of hydrogen-bond donors (Lipinski definition) is 1. The molecular weight excluding hydrogens is 334 g/mol. The first-order valence-electron chi connectivity index (χ1n) is 8.32. The van der Waals surface area contributed by atoms with Gasteiger partial charge in [-0.15, -0.1) is 5.10 Å². The number of carbonyl (C=O) groups is 1. The van der Waals surface area contributed by atoms with Crippen LogP contribution in [-0.2, 0) is 18.4 Å². The van der Waals surface area contributed by atoms with Crippen molar-refractivity contribution in [3.63, 3.8) is 0 Å². The molecule has 0 atom stereocenters. The number of anilines is 1. The van der Waals surface area contributed by atoms with Crippen LogP contribution < -0.4 is 15.0 Å². The molecule has 0 radical (unpaired) electrons. The van der Waals surface area contributed by atoms with Gasteiger partial charge in [0.2, 0.25) is 5.91 Å². The molecule has 1 saturated heterocycles. The van der Waals surface area contributed by atoms with Gasteiger partial charge in [0.25, 0.3) is 0 Å². The lowest BCUT2D eigenvalue weighted by atomic mass is 9.99. The van der Waals surface area contributed by atoms with E-state index in [0.29, 0.717) is 30.8 Å². The van der Waals surface area contributed by atoms with E-state index in [-0.39, 0.29) is 11.8 Å². The monoisotopic (exact) mass is 353 g/mol. The zero-order valence-corrected chi connectivity index (χ0v) is 14.6. The third kappa shape index (κ3) is 2.81. The van der Waals surface area contributed by atoms with E-state index in [2.05, 4.69) is 25.6 Å². The molecule has 0 bridgehead atoms. The number of hydrogen-bond acceptors (Lipinski definition) is 7. The number of amides is 1. The van der Waals surface area contributed by atoms with Gasteiger partial charge >= 0.3 is 0 Å². The Bertz CT molecular complexity index is 949. The maximum Gasteiger partial charge on any atom is 0.226 e. The number of carbonyl (C=O) groups excluding carboxylic acids is 1. The Morgan fingerprint density at radius 3 is 2.92 bits per heavy atom. The number of benzene rings is 1. The fourth-order valence-corrected chi connectivity index (χ4v) is 3.07. The van der Waals surface area contributed by atoms with Crippen molar-refractivity contribution in [2.45, 2.75) is 6.54 Å². The number of aromatic nitrogens is 5. The van der Waals surface area contributed by atoms with Gasteiger partial charge in [-0.05, 0) is 6.07 Å². The smallest absolute Gasteiger partial charge is 0.226 e. The van der Waals surface area contributed by atoms with Crippen molar-refractivity contribution in [2.75, 3.05) is 25.1 Å².